The van der Waals surface area contributed by atoms with E-state index in [4.69, 9.17) is 4.74 Å². The number of benzene rings is 2. The number of aromatic nitrogens is 2. The van der Waals surface area contributed by atoms with Crippen molar-refractivity contribution in [3.63, 3.8) is 0 Å². The Bertz CT molecular complexity index is 783. The summed E-state index contributed by atoms with van der Waals surface area (Å²) in [6.45, 7) is 8.02. The van der Waals surface area contributed by atoms with Crippen molar-refractivity contribution in [2.75, 3.05) is 6.61 Å². The zero-order valence-electron chi connectivity index (χ0n) is 15.5. The van der Waals surface area contributed by atoms with Crippen LogP contribution in [-0.4, -0.2) is 16.4 Å². The molecular weight excluding hydrogens is 435 g/mol. The van der Waals surface area contributed by atoms with Crippen LogP contribution in [0, 0.1) is 8.99 Å². The van der Waals surface area contributed by atoms with Gasteiger partial charge in [0.15, 0.2) is 0 Å². The van der Waals surface area contributed by atoms with Crippen molar-refractivity contribution in [3.05, 3.63) is 87.8 Å². The van der Waals surface area contributed by atoms with Crippen LogP contribution in [0.1, 0.15) is 31.9 Å². The third kappa shape index (κ3) is 3.86. The largest absolute Gasteiger partial charge is 0.363 e. The van der Waals surface area contributed by atoms with Gasteiger partial charge < -0.3 is 4.74 Å². The lowest BCUT2D eigenvalue weighted by Crippen LogP contribution is -2.44. The van der Waals surface area contributed by atoms with E-state index in [0.29, 0.717) is 6.61 Å². The number of ether oxygens (including phenoxy) is 1. The Morgan fingerprint density at radius 1 is 0.923 bits per heavy atom. The van der Waals surface area contributed by atoms with Crippen LogP contribution in [0.25, 0.3) is 0 Å². The van der Waals surface area contributed by atoms with Crippen molar-refractivity contribution >= 4 is 22.6 Å². The molecular formula is C22H25IN2O. The van der Waals surface area contributed by atoms with Crippen LogP contribution in [0.3, 0.4) is 0 Å². The molecule has 26 heavy (non-hydrogen) atoms. The van der Waals surface area contributed by atoms with Gasteiger partial charge in [0.2, 0.25) is 0 Å². The van der Waals surface area contributed by atoms with E-state index in [1.165, 1.54) is 11.1 Å². The van der Waals surface area contributed by atoms with Gasteiger partial charge in [0, 0.05) is 6.20 Å². The van der Waals surface area contributed by atoms with Crippen LogP contribution in [0.2, 0.25) is 0 Å². The Kier molecular flexibility index (Phi) is 5.82. The Labute approximate surface area is 169 Å². The van der Waals surface area contributed by atoms with E-state index in [9.17, 15) is 0 Å². The molecule has 0 bridgehead atoms. The van der Waals surface area contributed by atoms with E-state index in [1.807, 2.05) is 29.2 Å². The molecule has 0 unspecified atom stereocenters. The lowest BCUT2D eigenvalue weighted by molar-refractivity contribution is -0.0959. The number of rotatable bonds is 6. The summed E-state index contributed by atoms with van der Waals surface area (Å²) in [4.78, 5) is 0. The number of hydrogen-bond donors (Lipinski definition) is 0. The van der Waals surface area contributed by atoms with Crippen LogP contribution in [0.15, 0.2) is 73.1 Å². The molecule has 0 spiro atoms. The number of halogens is 1. The van der Waals surface area contributed by atoms with E-state index >= 15 is 0 Å². The zero-order chi connectivity index (χ0) is 18.6. The molecule has 0 aliphatic rings. The number of nitrogens with zero attached hydrogens (tertiary/aromatic N) is 2. The fraction of sp³-hybridized carbons (Fsp3) is 0.318. The standard InChI is InChI=1S/C22H25IN2O/c1-21(2,3)22(18-10-6-4-7-11-18,19-12-8-5-9-13-19)26-15-14-25-17-20(23)16-24-25/h4-13,16-17H,14-15H2,1-3H3. The van der Waals surface area contributed by atoms with Crippen LogP contribution >= 0.6 is 22.6 Å². The molecule has 0 radical (unpaired) electrons. The lowest BCUT2D eigenvalue weighted by atomic mass is 9.68. The molecule has 0 fully saturated rings. The maximum Gasteiger partial charge on any atom is 0.123 e. The first kappa shape index (κ1) is 19.1. The minimum Gasteiger partial charge on any atom is -0.363 e. The Balaban J connectivity index is 1.99. The summed E-state index contributed by atoms with van der Waals surface area (Å²) in [6, 6.07) is 21.1. The highest BCUT2D eigenvalue weighted by atomic mass is 127. The lowest BCUT2D eigenvalue weighted by Gasteiger charge is -2.45. The van der Waals surface area contributed by atoms with Crippen molar-refractivity contribution in [1.29, 1.82) is 0 Å². The molecule has 3 aromatic rings. The fourth-order valence-electron chi connectivity index (χ4n) is 3.51. The highest BCUT2D eigenvalue weighted by Gasteiger charge is 2.46. The molecule has 1 heterocycles. The summed E-state index contributed by atoms with van der Waals surface area (Å²) in [5.74, 6) is 0. The third-order valence-corrected chi connectivity index (χ3v) is 5.21. The van der Waals surface area contributed by atoms with Gasteiger partial charge in [0.05, 0.1) is 22.9 Å². The zero-order valence-corrected chi connectivity index (χ0v) is 17.7. The summed E-state index contributed by atoms with van der Waals surface area (Å²) in [7, 11) is 0. The smallest absolute Gasteiger partial charge is 0.123 e. The molecule has 3 rings (SSSR count). The van der Waals surface area contributed by atoms with Gasteiger partial charge in [-0.15, -0.1) is 0 Å². The molecule has 0 aliphatic heterocycles. The normalized spacial score (nSPS) is 12.3. The van der Waals surface area contributed by atoms with Gasteiger partial charge >= 0.3 is 0 Å². The highest BCUT2D eigenvalue weighted by Crippen LogP contribution is 2.47. The minimum absolute atomic E-state index is 0.131. The average Bonchev–Trinajstić information content (AvgIpc) is 3.04. The summed E-state index contributed by atoms with van der Waals surface area (Å²) in [6.07, 6.45) is 3.90. The van der Waals surface area contributed by atoms with E-state index in [1.54, 1.807) is 0 Å². The van der Waals surface area contributed by atoms with Gasteiger partial charge in [-0.05, 0) is 39.1 Å². The molecule has 4 heteroatoms. The quantitative estimate of drug-likeness (QED) is 0.455. The molecule has 0 amide bonds. The highest BCUT2D eigenvalue weighted by molar-refractivity contribution is 14.1. The topological polar surface area (TPSA) is 27.1 Å². The van der Waals surface area contributed by atoms with E-state index in [2.05, 4.69) is 97.0 Å². The second kappa shape index (κ2) is 7.92. The molecule has 1 aromatic heterocycles. The fourth-order valence-corrected chi connectivity index (χ4v) is 3.96. The monoisotopic (exact) mass is 460 g/mol. The van der Waals surface area contributed by atoms with Gasteiger partial charge in [0.1, 0.15) is 5.60 Å². The molecule has 0 aliphatic carbocycles. The molecule has 2 aromatic carbocycles. The van der Waals surface area contributed by atoms with E-state index < -0.39 is 5.60 Å². The third-order valence-electron chi connectivity index (χ3n) is 4.66. The predicted molar refractivity (Wildman–Crippen MR) is 114 cm³/mol. The Hall–Kier alpha value is -1.66. The molecule has 0 saturated carbocycles. The summed E-state index contributed by atoms with van der Waals surface area (Å²) in [5.41, 5.74) is 1.69. The van der Waals surface area contributed by atoms with Gasteiger partial charge in [-0.1, -0.05) is 81.4 Å². The Morgan fingerprint density at radius 2 is 1.46 bits per heavy atom. The van der Waals surface area contributed by atoms with Crippen molar-refractivity contribution < 1.29 is 4.74 Å². The second-order valence-corrected chi connectivity index (χ2v) is 8.68. The maximum atomic E-state index is 6.72. The maximum absolute atomic E-state index is 6.72. The van der Waals surface area contributed by atoms with Gasteiger partial charge in [-0.2, -0.15) is 5.10 Å². The van der Waals surface area contributed by atoms with Crippen LogP contribution in [-0.2, 0) is 16.9 Å². The summed E-state index contributed by atoms with van der Waals surface area (Å²) in [5, 5.41) is 4.37. The number of hydrogen-bond acceptors (Lipinski definition) is 2. The Morgan fingerprint density at radius 3 is 1.88 bits per heavy atom. The van der Waals surface area contributed by atoms with E-state index in [-0.39, 0.29) is 5.41 Å². The first-order valence-corrected chi connectivity index (χ1v) is 9.94. The first-order valence-electron chi connectivity index (χ1n) is 8.86. The van der Waals surface area contributed by atoms with Crippen molar-refractivity contribution in [3.8, 4) is 0 Å². The minimum atomic E-state index is -0.532. The predicted octanol–water partition coefficient (Wildman–Crippen LogP) is 5.49. The van der Waals surface area contributed by atoms with Crippen LogP contribution in [0.4, 0.5) is 0 Å². The van der Waals surface area contributed by atoms with E-state index in [0.717, 1.165) is 10.1 Å². The molecule has 0 N–H and O–H groups in total. The van der Waals surface area contributed by atoms with Crippen molar-refractivity contribution in [2.45, 2.75) is 32.9 Å². The van der Waals surface area contributed by atoms with Crippen LogP contribution < -0.4 is 0 Å². The molecule has 0 saturated heterocycles. The van der Waals surface area contributed by atoms with Crippen LogP contribution in [0.5, 0.6) is 0 Å². The van der Waals surface area contributed by atoms with Crippen molar-refractivity contribution in [2.24, 2.45) is 5.41 Å². The second-order valence-electron chi connectivity index (χ2n) is 7.43. The van der Waals surface area contributed by atoms with Gasteiger partial charge in [0.25, 0.3) is 0 Å². The summed E-state index contributed by atoms with van der Waals surface area (Å²) >= 11 is 2.28. The average molecular weight is 460 g/mol. The SMILES string of the molecule is CC(C)(C)C(OCCn1cc(I)cn1)(c1ccccc1)c1ccccc1. The van der Waals surface area contributed by atoms with Crippen molar-refractivity contribution in [1.82, 2.24) is 9.78 Å². The van der Waals surface area contributed by atoms with Gasteiger partial charge in [-0.3, -0.25) is 4.68 Å². The molecule has 3 nitrogen and oxygen atoms in total. The summed E-state index contributed by atoms with van der Waals surface area (Å²) < 4.78 is 9.79. The molecule has 0 atom stereocenters. The van der Waals surface area contributed by atoms with Gasteiger partial charge in [-0.25, -0.2) is 0 Å². The molecule has 136 valence electrons. The first-order chi connectivity index (χ1) is 12.4.